The maximum Gasteiger partial charge on any atom is 0.131 e. The quantitative estimate of drug-likeness (QED) is 0.642. The van der Waals surface area contributed by atoms with Gasteiger partial charge in [0.2, 0.25) is 0 Å². The van der Waals surface area contributed by atoms with Gasteiger partial charge < -0.3 is 5.73 Å². The summed E-state index contributed by atoms with van der Waals surface area (Å²) in [5.74, 6) is -0.921. The van der Waals surface area contributed by atoms with Crippen molar-refractivity contribution < 1.29 is 8.78 Å². The van der Waals surface area contributed by atoms with E-state index in [9.17, 15) is 8.78 Å². The first kappa shape index (κ1) is 7.53. The molecule has 0 heterocycles. The van der Waals surface area contributed by atoms with E-state index in [1.165, 1.54) is 12.1 Å². The number of hydrogen-bond donors (Lipinski definition) is 1. The van der Waals surface area contributed by atoms with Crippen molar-refractivity contribution in [3.8, 4) is 0 Å². The fourth-order valence-electron chi connectivity index (χ4n) is 1.37. The van der Waals surface area contributed by atoms with Crippen LogP contribution in [-0.4, -0.2) is 0 Å². The van der Waals surface area contributed by atoms with E-state index < -0.39 is 11.6 Å². The highest BCUT2D eigenvalue weighted by atomic mass is 19.1. The molecule has 1 saturated carbocycles. The Labute approximate surface area is 69.2 Å². The van der Waals surface area contributed by atoms with Crippen molar-refractivity contribution in [2.24, 2.45) is 0 Å². The second-order valence-corrected chi connectivity index (χ2v) is 3.17. The van der Waals surface area contributed by atoms with Crippen LogP contribution in [0.2, 0.25) is 0 Å². The highest BCUT2D eigenvalue weighted by molar-refractivity contribution is 5.43. The Morgan fingerprint density at radius 1 is 1.17 bits per heavy atom. The summed E-state index contributed by atoms with van der Waals surface area (Å²) in [4.78, 5) is 0. The van der Waals surface area contributed by atoms with Gasteiger partial charge in [0.05, 0.1) is 0 Å². The molecule has 12 heavy (non-hydrogen) atoms. The summed E-state index contributed by atoms with van der Waals surface area (Å²) in [6, 6.07) is 2.35. The number of nitrogen functional groups attached to an aromatic ring is 1. The van der Waals surface area contributed by atoms with E-state index in [1.54, 1.807) is 0 Å². The molecule has 0 aromatic heterocycles. The fourth-order valence-corrected chi connectivity index (χ4v) is 1.37. The van der Waals surface area contributed by atoms with E-state index in [0.29, 0.717) is 0 Å². The van der Waals surface area contributed by atoms with Gasteiger partial charge in [-0.2, -0.15) is 0 Å². The third-order valence-electron chi connectivity index (χ3n) is 2.09. The molecule has 1 aromatic carbocycles. The Morgan fingerprint density at radius 2 is 1.67 bits per heavy atom. The largest absolute Gasteiger partial charge is 0.399 e. The van der Waals surface area contributed by atoms with Crippen molar-refractivity contribution in [1.29, 1.82) is 0 Å². The number of hydrogen-bond acceptors (Lipinski definition) is 1. The molecule has 1 nitrogen and oxygen atoms in total. The van der Waals surface area contributed by atoms with Crippen LogP contribution in [-0.2, 0) is 0 Å². The highest BCUT2D eigenvalue weighted by Gasteiger charge is 2.29. The molecule has 64 valence electrons. The summed E-state index contributed by atoms with van der Waals surface area (Å²) in [6.07, 6.45) is 1.77. The summed E-state index contributed by atoms with van der Waals surface area (Å²) in [6.45, 7) is 0. The number of rotatable bonds is 1. The van der Waals surface area contributed by atoms with Crippen molar-refractivity contribution in [3.05, 3.63) is 29.3 Å². The normalized spacial score (nSPS) is 16.5. The standard InChI is InChI=1S/C9H9F2N/c10-7-3-6(12)4-8(11)9(7)5-1-2-5/h3-5H,1-2,12H2. The van der Waals surface area contributed by atoms with Gasteiger partial charge in [-0.1, -0.05) is 0 Å². The molecule has 0 bridgehead atoms. The average Bonchev–Trinajstić information content (AvgIpc) is 2.68. The fraction of sp³-hybridized carbons (Fsp3) is 0.333. The van der Waals surface area contributed by atoms with Crippen LogP contribution in [0.3, 0.4) is 0 Å². The first-order chi connectivity index (χ1) is 5.68. The number of nitrogens with two attached hydrogens (primary N) is 1. The van der Waals surface area contributed by atoms with E-state index in [2.05, 4.69) is 0 Å². The summed E-state index contributed by atoms with van der Waals surface area (Å²) >= 11 is 0. The monoisotopic (exact) mass is 169 g/mol. The Bertz CT molecular complexity index is 295. The predicted octanol–water partition coefficient (Wildman–Crippen LogP) is 2.42. The summed E-state index contributed by atoms with van der Waals surface area (Å²) in [7, 11) is 0. The van der Waals surface area contributed by atoms with Crippen LogP contribution < -0.4 is 5.73 Å². The molecule has 1 aromatic rings. The zero-order valence-corrected chi connectivity index (χ0v) is 6.48. The Balaban J connectivity index is 2.51. The molecule has 0 aliphatic heterocycles. The van der Waals surface area contributed by atoms with Crippen LogP contribution in [0, 0.1) is 11.6 Å². The molecular weight excluding hydrogens is 160 g/mol. The van der Waals surface area contributed by atoms with Gasteiger partial charge >= 0.3 is 0 Å². The lowest BCUT2D eigenvalue weighted by Gasteiger charge is -2.03. The molecule has 0 radical (unpaired) electrons. The molecule has 1 aliphatic carbocycles. The van der Waals surface area contributed by atoms with Gasteiger partial charge in [-0.25, -0.2) is 8.78 Å². The van der Waals surface area contributed by atoms with E-state index in [4.69, 9.17) is 5.73 Å². The van der Waals surface area contributed by atoms with Crippen LogP contribution in [0.5, 0.6) is 0 Å². The van der Waals surface area contributed by atoms with Crippen molar-refractivity contribution in [3.63, 3.8) is 0 Å². The lowest BCUT2D eigenvalue weighted by atomic mass is 10.1. The van der Waals surface area contributed by atoms with Gasteiger partial charge in [-0.05, 0) is 30.9 Å². The molecule has 1 aliphatic rings. The average molecular weight is 169 g/mol. The number of benzene rings is 1. The molecule has 1 fully saturated rings. The molecule has 3 heteroatoms. The van der Waals surface area contributed by atoms with E-state index in [1.807, 2.05) is 0 Å². The molecule has 0 atom stereocenters. The summed E-state index contributed by atoms with van der Waals surface area (Å²) < 4.78 is 26.2. The maximum atomic E-state index is 13.1. The molecule has 0 amide bonds. The van der Waals surface area contributed by atoms with Crippen molar-refractivity contribution in [2.45, 2.75) is 18.8 Å². The van der Waals surface area contributed by atoms with Crippen molar-refractivity contribution >= 4 is 5.69 Å². The lowest BCUT2D eigenvalue weighted by molar-refractivity contribution is 0.558. The van der Waals surface area contributed by atoms with Crippen LogP contribution in [0.15, 0.2) is 12.1 Å². The van der Waals surface area contributed by atoms with Gasteiger partial charge in [-0.3, -0.25) is 0 Å². The van der Waals surface area contributed by atoms with Gasteiger partial charge in [0.1, 0.15) is 11.6 Å². The number of anilines is 1. The van der Waals surface area contributed by atoms with Gasteiger partial charge in [0, 0.05) is 11.3 Å². The van der Waals surface area contributed by atoms with Gasteiger partial charge in [0.15, 0.2) is 0 Å². The van der Waals surface area contributed by atoms with Crippen LogP contribution in [0.1, 0.15) is 24.3 Å². The zero-order valence-electron chi connectivity index (χ0n) is 6.48. The smallest absolute Gasteiger partial charge is 0.131 e. The van der Waals surface area contributed by atoms with Gasteiger partial charge in [0.25, 0.3) is 0 Å². The van der Waals surface area contributed by atoms with Crippen molar-refractivity contribution in [2.75, 3.05) is 5.73 Å². The number of halogens is 2. The summed E-state index contributed by atoms with van der Waals surface area (Å²) in [5, 5.41) is 0. The Morgan fingerprint density at radius 3 is 2.08 bits per heavy atom. The molecular formula is C9H9F2N. The lowest BCUT2D eigenvalue weighted by Crippen LogP contribution is -1.96. The first-order valence-electron chi connectivity index (χ1n) is 3.93. The molecule has 2 N–H and O–H groups in total. The second kappa shape index (κ2) is 2.44. The Kier molecular flexibility index (Phi) is 1.53. The molecule has 0 unspecified atom stereocenters. The summed E-state index contributed by atoms with van der Waals surface area (Å²) in [5.41, 5.74) is 5.63. The van der Waals surface area contributed by atoms with E-state index in [-0.39, 0.29) is 17.2 Å². The Hall–Kier alpha value is -1.12. The van der Waals surface area contributed by atoms with E-state index >= 15 is 0 Å². The SMILES string of the molecule is Nc1cc(F)c(C2CC2)c(F)c1. The third-order valence-corrected chi connectivity index (χ3v) is 2.09. The predicted molar refractivity (Wildman–Crippen MR) is 42.7 cm³/mol. The zero-order chi connectivity index (χ0) is 8.72. The first-order valence-corrected chi connectivity index (χ1v) is 3.93. The minimum Gasteiger partial charge on any atom is -0.399 e. The van der Waals surface area contributed by atoms with Crippen LogP contribution in [0.25, 0.3) is 0 Å². The topological polar surface area (TPSA) is 26.0 Å². The third kappa shape index (κ3) is 1.15. The minimum atomic E-state index is -0.505. The maximum absolute atomic E-state index is 13.1. The van der Waals surface area contributed by atoms with Crippen LogP contribution in [0.4, 0.5) is 14.5 Å². The molecule has 0 spiro atoms. The molecule has 0 saturated heterocycles. The minimum absolute atomic E-state index is 0.0885. The van der Waals surface area contributed by atoms with Gasteiger partial charge in [-0.15, -0.1) is 0 Å². The van der Waals surface area contributed by atoms with E-state index in [0.717, 1.165) is 12.8 Å². The highest BCUT2D eigenvalue weighted by Crippen LogP contribution is 2.42. The van der Waals surface area contributed by atoms with Crippen molar-refractivity contribution in [1.82, 2.24) is 0 Å². The van der Waals surface area contributed by atoms with Crippen LogP contribution >= 0.6 is 0 Å². The molecule has 2 rings (SSSR count). The second-order valence-electron chi connectivity index (χ2n) is 3.17.